The molecule has 0 radical (unpaired) electrons. The Kier molecular flexibility index (Phi) is 6.88. The third-order valence-corrected chi connectivity index (χ3v) is 4.50. The zero-order valence-electron chi connectivity index (χ0n) is 15.1. The number of hydrogen-bond acceptors (Lipinski definition) is 4. The first-order valence-electron chi connectivity index (χ1n) is 8.69. The molecule has 0 bridgehead atoms. The molecule has 29 heavy (non-hydrogen) atoms. The van der Waals surface area contributed by atoms with Crippen molar-refractivity contribution in [2.75, 3.05) is 5.32 Å². The first-order valence-corrected chi connectivity index (χ1v) is 9.44. The van der Waals surface area contributed by atoms with E-state index in [1.165, 1.54) is 12.1 Å². The highest BCUT2D eigenvalue weighted by Crippen LogP contribution is 2.25. The van der Waals surface area contributed by atoms with Crippen LogP contribution < -0.4 is 5.32 Å². The van der Waals surface area contributed by atoms with Gasteiger partial charge in [0.2, 0.25) is 6.10 Å². The number of aliphatic hydroxyl groups excluding tert-OH is 1. The van der Waals surface area contributed by atoms with E-state index in [0.717, 1.165) is 0 Å². The molecule has 7 heteroatoms. The molecule has 0 spiro atoms. The Morgan fingerprint density at radius 1 is 0.931 bits per heavy atom. The summed E-state index contributed by atoms with van der Waals surface area (Å²) < 4.78 is 5.51. The van der Waals surface area contributed by atoms with Gasteiger partial charge in [-0.25, -0.2) is 4.79 Å². The van der Waals surface area contributed by atoms with E-state index in [1.54, 1.807) is 60.7 Å². The predicted molar refractivity (Wildman–Crippen MR) is 112 cm³/mol. The molecule has 3 aromatic carbocycles. The summed E-state index contributed by atoms with van der Waals surface area (Å²) in [7, 11) is 0. The van der Waals surface area contributed by atoms with Gasteiger partial charge < -0.3 is 15.2 Å². The molecule has 1 atom stereocenters. The van der Waals surface area contributed by atoms with Gasteiger partial charge in [0.15, 0.2) is 0 Å². The average molecular weight is 430 g/mol. The van der Waals surface area contributed by atoms with Gasteiger partial charge in [0.25, 0.3) is 5.91 Å². The maximum Gasteiger partial charge on any atom is 0.339 e. The van der Waals surface area contributed by atoms with E-state index in [2.05, 4.69) is 5.32 Å². The van der Waals surface area contributed by atoms with Crippen molar-refractivity contribution in [1.29, 1.82) is 0 Å². The van der Waals surface area contributed by atoms with E-state index in [0.29, 0.717) is 26.9 Å². The summed E-state index contributed by atoms with van der Waals surface area (Å²) in [5.41, 5.74) is 1.83. The first-order chi connectivity index (χ1) is 14.0. The fraction of sp³-hybridized carbons (Fsp3) is 0.0909. The van der Waals surface area contributed by atoms with E-state index >= 15 is 0 Å². The summed E-state index contributed by atoms with van der Waals surface area (Å²) in [6.45, 7) is -0.132. The third-order valence-electron chi connectivity index (χ3n) is 4.07. The Hall–Kier alpha value is -2.86. The average Bonchev–Trinajstić information content (AvgIpc) is 2.71. The number of nitrogens with one attached hydrogen (secondary N) is 1. The number of ether oxygens (including phenoxy) is 1. The molecule has 0 aliphatic heterocycles. The van der Waals surface area contributed by atoms with Crippen LogP contribution >= 0.6 is 23.2 Å². The van der Waals surface area contributed by atoms with E-state index in [1.807, 2.05) is 0 Å². The monoisotopic (exact) mass is 429 g/mol. The molecule has 0 aliphatic rings. The molecular formula is C22H17Cl2NO4. The van der Waals surface area contributed by atoms with Crippen LogP contribution in [0.15, 0.2) is 72.8 Å². The minimum Gasteiger partial charge on any atom is -0.444 e. The molecule has 3 rings (SSSR count). The number of benzene rings is 3. The minimum atomic E-state index is -1.18. The van der Waals surface area contributed by atoms with Gasteiger partial charge in [0.1, 0.15) is 0 Å². The van der Waals surface area contributed by atoms with Gasteiger partial charge in [-0.15, -0.1) is 0 Å². The van der Waals surface area contributed by atoms with E-state index < -0.39 is 18.0 Å². The van der Waals surface area contributed by atoms with Gasteiger partial charge >= 0.3 is 5.97 Å². The van der Waals surface area contributed by atoms with Crippen molar-refractivity contribution in [2.24, 2.45) is 0 Å². The summed E-state index contributed by atoms with van der Waals surface area (Å²) in [5, 5.41) is 12.5. The van der Waals surface area contributed by atoms with Crippen LogP contribution in [0.2, 0.25) is 10.0 Å². The van der Waals surface area contributed by atoms with Crippen LogP contribution in [0, 0.1) is 0 Å². The zero-order valence-corrected chi connectivity index (χ0v) is 16.7. The topological polar surface area (TPSA) is 75.6 Å². The lowest BCUT2D eigenvalue weighted by Crippen LogP contribution is -2.26. The summed E-state index contributed by atoms with van der Waals surface area (Å²) in [4.78, 5) is 25.5. The molecule has 1 amide bonds. The second-order valence-corrected chi connectivity index (χ2v) is 7.07. The number of carbonyl (C=O) groups excluding carboxylic acids is 2. The molecule has 5 nitrogen and oxygen atoms in total. The van der Waals surface area contributed by atoms with Gasteiger partial charge in [0, 0.05) is 21.3 Å². The molecule has 3 aromatic rings. The van der Waals surface area contributed by atoms with Crippen molar-refractivity contribution in [3.8, 4) is 0 Å². The predicted octanol–water partition coefficient (Wildman–Crippen LogP) is 5.02. The van der Waals surface area contributed by atoms with Crippen molar-refractivity contribution in [3.63, 3.8) is 0 Å². The third kappa shape index (κ3) is 5.57. The van der Waals surface area contributed by atoms with Crippen LogP contribution in [0.3, 0.4) is 0 Å². The number of esters is 1. The largest absolute Gasteiger partial charge is 0.444 e. The normalized spacial score (nSPS) is 11.6. The summed E-state index contributed by atoms with van der Waals surface area (Å²) in [6.07, 6.45) is -1.18. The smallest absolute Gasteiger partial charge is 0.339 e. The van der Waals surface area contributed by atoms with Crippen LogP contribution in [0.25, 0.3) is 0 Å². The summed E-state index contributed by atoms with van der Waals surface area (Å²) in [6, 6.07) is 19.6. The highest BCUT2D eigenvalue weighted by Gasteiger charge is 2.26. The van der Waals surface area contributed by atoms with Crippen molar-refractivity contribution < 1.29 is 19.4 Å². The molecule has 0 heterocycles. The van der Waals surface area contributed by atoms with E-state index in [4.69, 9.17) is 33.0 Å². The van der Waals surface area contributed by atoms with Crippen LogP contribution in [0.4, 0.5) is 5.69 Å². The van der Waals surface area contributed by atoms with Crippen molar-refractivity contribution >= 4 is 40.8 Å². The SMILES string of the molecule is O=C(OC(C(=O)Nc1cc(Cl)cc(Cl)c1)c1ccccc1)c1ccc(CO)cc1. The number of hydrogen-bond donors (Lipinski definition) is 2. The van der Waals surface area contributed by atoms with Gasteiger partial charge in [-0.2, -0.15) is 0 Å². The van der Waals surface area contributed by atoms with Crippen molar-refractivity contribution in [1.82, 2.24) is 0 Å². The van der Waals surface area contributed by atoms with Gasteiger partial charge in [-0.1, -0.05) is 65.7 Å². The molecule has 0 aromatic heterocycles. The molecule has 148 valence electrons. The molecule has 1 unspecified atom stereocenters. The van der Waals surface area contributed by atoms with Gasteiger partial charge in [0.05, 0.1) is 12.2 Å². The zero-order chi connectivity index (χ0) is 20.8. The van der Waals surface area contributed by atoms with E-state index in [-0.39, 0.29) is 12.2 Å². The van der Waals surface area contributed by atoms with Crippen LogP contribution in [0.5, 0.6) is 0 Å². The highest BCUT2D eigenvalue weighted by molar-refractivity contribution is 6.35. The molecule has 0 saturated heterocycles. The Labute approximate surface area is 177 Å². The standard InChI is InChI=1S/C22H17Cl2NO4/c23-17-10-18(24)12-19(11-17)25-21(27)20(15-4-2-1-3-5-15)29-22(28)16-8-6-14(13-26)7-9-16/h1-12,20,26H,13H2,(H,25,27). The lowest BCUT2D eigenvalue weighted by molar-refractivity contribution is -0.125. The molecule has 0 saturated carbocycles. The Morgan fingerprint density at radius 2 is 1.55 bits per heavy atom. The first kappa shape index (κ1) is 20.9. The maximum absolute atomic E-state index is 12.9. The fourth-order valence-electron chi connectivity index (χ4n) is 2.66. The number of anilines is 1. The molecule has 0 aliphatic carbocycles. The lowest BCUT2D eigenvalue weighted by atomic mass is 10.1. The summed E-state index contributed by atoms with van der Waals surface area (Å²) >= 11 is 12.0. The van der Waals surface area contributed by atoms with Gasteiger partial charge in [-0.3, -0.25) is 4.79 Å². The fourth-order valence-corrected chi connectivity index (χ4v) is 3.18. The maximum atomic E-state index is 12.9. The second kappa shape index (κ2) is 9.56. The second-order valence-electron chi connectivity index (χ2n) is 6.20. The van der Waals surface area contributed by atoms with Crippen molar-refractivity contribution in [2.45, 2.75) is 12.7 Å². The number of aliphatic hydroxyl groups is 1. The number of amides is 1. The van der Waals surface area contributed by atoms with Crippen LogP contribution in [0.1, 0.15) is 27.6 Å². The molecule has 2 N–H and O–H groups in total. The molecular weight excluding hydrogens is 413 g/mol. The quantitative estimate of drug-likeness (QED) is 0.539. The minimum absolute atomic E-state index is 0.132. The highest BCUT2D eigenvalue weighted by atomic mass is 35.5. The summed E-state index contributed by atoms with van der Waals surface area (Å²) in [5.74, 6) is -1.21. The Morgan fingerprint density at radius 3 is 2.14 bits per heavy atom. The number of halogens is 2. The van der Waals surface area contributed by atoms with Gasteiger partial charge in [-0.05, 0) is 35.9 Å². The van der Waals surface area contributed by atoms with Crippen molar-refractivity contribution in [3.05, 3.63) is 99.5 Å². The van der Waals surface area contributed by atoms with Crippen LogP contribution in [-0.2, 0) is 16.1 Å². The number of rotatable bonds is 6. The van der Waals surface area contributed by atoms with Crippen LogP contribution in [-0.4, -0.2) is 17.0 Å². The Bertz CT molecular complexity index is 987. The Balaban J connectivity index is 1.84. The molecule has 0 fully saturated rings. The lowest BCUT2D eigenvalue weighted by Gasteiger charge is -2.18. The number of carbonyl (C=O) groups is 2. The van der Waals surface area contributed by atoms with E-state index in [9.17, 15) is 9.59 Å².